The van der Waals surface area contributed by atoms with Gasteiger partial charge in [-0.2, -0.15) is 5.10 Å². The van der Waals surface area contributed by atoms with Gasteiger partial charge in [0.1, 0.15) is 5.71 Å². The largest absolute Gasteiger partial charge is 0.310 e. The highest BCUT2D eigenvalue weighted by Gasteiger charge is 2.20. The zero-order valence-corrected chi connectivity index (χ0v) is 27.3. The number of anilines is 4. The number of hydrazone groups is 1. The molecule has 0 unspecified atom stereocenters. The van der Waals surface area contributed by atoms with Crippen molar-refractivity contribution >= 4 is 82.5 Å². The first kappa shape index (κ1) is 28.9. The molecule has 0 aliphatic heterocycles. The van der Waals surface area contributed by atoms with E-state index >= 15 is 0 Å². The number of nitrogens with zero attached hydrogens (tertiary/aromatic N) is 2. The highest BCUT2D eigenvalue weighted by Crippen LogP contribution is 2.41. The molecular formula is C44H30N4S. The Kier molecular flexibility index (Phi) is 7.11. The molecule has 7 aromatic carbocycles. The fourth-order valence-corrected chi connectivity index (χ4v) is 7.90. The van der Waals surface area contributed by atoms with Gasteiger partial charge in [0.25, 0.3) is 0 Å². The number of hydrogen-bond donors (Lipinski definition) is 2. The summed E-state index contributed by atoms with van der Waals surface area (Å²) < 4.78 is 2.58. The van der Waals surface area contributed by atoms with Gasteiger partial charge < -0.3 is 4.90 Å². The Labute approximate surface area is 288 Å². The molecule has 1 aromatic heterocycles. The predicted molar refractivity (Wildman–Crippen MR) is 210 cm³/mol. The standard InChI is InChI=1S/C44H30N4S/c45-44-40(47-46-33-11-3-1-4-12-33)25-21-29-18-19-32-26-31(20-23-37(32)43(29)44)30-10-9-15-35(27-30)48(34-13-5-2-6-14-34)36-22-24-39-38-16-7-8-17-41(38)49-42(39)28-36/h1-28,45-46H/b45-44?,47-40-. The van der Waals surface area contributed by atoms with Crippen molar-refractivity contribution < 1.29 is 0 Å². The van der Waals surface area contributed by atoms with Crippen molar-refractivity contribution in [3.05, 3.63) is 175 Å². The molecule has 1 aliphatic carbocycles. The lowest BCUT2D eigenvalue weighted by Crippen LogP contribution is -2.18. The third kappa shape index (κ3) is 5.27. The summed E-state index contributed by atoms with van der Waals surface area (Å²) in [6.45, 7) is 0. The number of benzene rings is 7. The predicted octanol–water partition coefficient (Wildman–Crippen LogP) is 12.2. The Hall–Kier alpha value is -6.30. The summed E-state index contributed by atoms with van der Waals surface area (Å²) >= 11 is 1.84. The molecule has 49 heavy (non-hydrogen) atoms. The van der Waals surface area contributed by atoms with Crippen molar-refractivity contribution in [3.63, 3.8) is 0 Å². The van der Waals surface area contributed by atoms with Gasteiger partial charge in [0.05, 0.1) is 11.4 Å². The SMILES string of the molecule is N=C1/C(=N\Nc2ccccc2)C=Cc2ccc3cc(-c4cccc(N(c5ccccc5)c5ccc6c(c5)sc5ccccc56)c4)ccc3c21. The van der Waals surface area contributed by atoms with E-state index in [1.54, 1.807) is 0 Å². The molecule has 0 atom stereocenters. The molecule has 1 heterocycles. The van der Waals surface area contributed by atoms with Crippen molar-refractivity contribution in [3.8, 4) is 11.1 Å². The van der Waals surface area contributed by atoms with E-state index in [0.717, 1.165) is 55.8 Å². The van der Waals surface area contributed by atoms with Crippen LogP contribution >= 0.6 is 11.3 Å². The van der Waals surface area contributed by atoms with Crippen molar-refractivity contribution in [2.24, 2.45) is 5.10 Å². The van der Waals surface area contributed by atoms with Crippen LogP contribution in [0.4, 0.5) is 22.7 Å². The average Bonchev–Trinajstić information content (AvgIpc) is 3.53. The molecule has 0 fully saturated rings. The zero-order chi connectivity index (χ0) is 32.7. The Morgan fingerprint density at radius 2 is 1.24 bits per heavy atom. The van der Waals surface area contributed by atoms with Crippen molar-refractivity contribution in [2.45, 2.75) is 0 Å². The van der Waals surface area contributed by atoms with Crippen LogP contribution in [0, 0.1) is 5.41 Å². The monoisotopic (exact) mass is 646 g/mol. The molecule has 1 aliphatic rings. The maximum atomic E-state index is 9.09. The number of rotatable bonds is 6. The van der Waals surface area contributed by atoms with Crippen LogP contribution in [0.1, 0.15) is 11.1 Å². The van der Waals surface area contributed by atoms with Crippen LogP contribution in [0.2, 0.25) is 0 Å². The minimum absolute atomic E-state index is 0.412. The smallest absolute Gasteiger partial charge is 0.109 e. The lowest BCUT2D eigenvalue weighted by Gasteiger charge is -2.26. The van der Waals surface area contributed by atoms with E-state index in [2.05, 4.69) is 143 Å². The van der Waals surface area contributed by atoms with E-state index in [1.807, 2.05) is 53.8 Å². The van der Waals surface area contributed by atoms with Crippen LogP contribution in [0.15, 0.2) is 169 Å². The van der Waals surface area contributed by atoms with Crippen molar-refractivity contribution in [1.29, 1.82) is 5.41 Å². The highest BCUT2D eigenvalue weighted by molar-refractivity contribution is 7.25. The molecule has 0 saturated carbocycles. The van der Waals surface area contributed by atoms with Gasteiger partial charge in [-0.25, -0.2) is 0 Å². The molecule has 0 bridgehead atoms. The minimum Gasteiger partial charge on any atom is -0.310 e. The molecule has 5 heteroatoms. The molecule has 0 radical (unpaired) electrons. The molecule has 232 valence electrons. The first-order chi connectivity index (χ1) is 24.2. The topological polar surface area (TPSA) is 51.5 Å². The van der Waals surface area contributed by atoms with E-state index < -0.39 is 0 Å². The van der Waals surface area contributed by atoms with Gasteiger partial charge in [-0.05, 0) is 94.2 Å². The van der Waals surface area contributed by atoms with E-state index in [1.165, 1.54) is 20.2 Å². The van der Waals surface area contributed by atoms with Crippen LogP contribution in [0.25, 0.3) is 48.1 Å². The van der Waals surface area contributed by atoms with Crippen LogP contribution in [0.3, 0.4) is 0 Å². The number of para-hydroxylation sites is 2. The Bertz CT molecular complexity index is 2600. The summed E-state index contributed by atoms with van der Waals surface area (Å²) in [6, 6.07) is 55.4. The maximum absolute atomic E-state index is 9.09. The van der Waals surface area contributed by atoms with Crippen LogP contribution in [-0.4, -0.2) is 11.4 Å². The first-order valence-electron chi connectivity index (χ1n) is 16.3. The molecule has 9 rings (SSSR count). The van der Waals surface area contributed by atoms with Crippen molar-refractivity contribution in [1.82, 2.24) is 0 Å². The second kappa shape index (κ2) is 12.1. The molecule has 8 aromatic rings. The fourth-order valence-electron chi connectivity index (χ4n) is 6.76. The second-order valence-electron chi connectivity index (χ2n) is 12.1. The number of nitrogens with one attached hydrogen (secondary N) is 2. The van der Waals surface area contributed by atoms with E-state index in [0.29, 0.717) is 11.4 Å². The molecule has 0 amide bonds. The van der Waals surface area contributed by atoms with E-state index in [-0.39, 0.29) is 0 Å². The van der Waals surface area contributed by atoms with Gasteiger partial charge in [0.15, 0.2) is 0 Å². The van der Waals surface area contributed by atoms with Gasteiger partial charge in [-0.15, -0.1) is 11.3 Å². The summed E-state index contributed by atoms with van der Waals surface area (Å²) in [5.74, 6) is 0. The minimum atomic E-state index is 0.412. The Morgan fingerprint density at radius 3 is 2.12 bits per heavy atom. The third-order valence-corrected chi connectivity index (χ3v) is 10.3. The maximum Gasteiger partial charge on any atom is 0.109 e. The summed E-state index contributed by atoms with van der Waals surface area (Å²) in [5.41, 5.74) is 12.5. The first-order valence-corrected chi connectivity index (χ1v) is 17.1. The third-order valence-electron chi connectivity index (χ3n) is 9.13. The number of hydrogen-bond acceptors (Lipinski definition) is 5. The molecular weight excluding hydrogens is 617 g/mol. The second-order valence-corrected chi connectivity index (χ2v) is 13.2. The Morgan fingerprint density at radius 1 is 0.531 bits per heavy atom. The van der Waals surface area contributed by atoms with Gasteiger partial charge in [-0.3, -0.25) is 10.8 Å². The fraction of sp³-hybridized carbons (Fsp3) is 0. The molecule has 0 spiro atoms. The lowest BCUT2D eigenvalue weighted by molar-refractivity contribution is 1.29. The van der Waals surface area contributed by atoms with Crippen LogP contribution < -0.4 is 10.3 Å². The quantitative estimate of drug-likeness (QED) is 0.177. The lowest BCUT2D eigenvalue weighted by atomic mass is 9.88. The van der Waals surface area contributed by atoms with Crippen molar-refractivity contribution in [2.75, 3.05) is 10.3 Å². The zero-order valence-electron chi connectivity index (χ0n) is 26.5. The molecule has 2 N–H and O–H groups in total. The van der Waals surface area contributed by atoms with Crippen LogP contribution in [-0.2, 0) is 0 Å². The summed E-state index contributed by atoms with van der Waals surface area (Å²) in [4.78, 5) is 2.34. The molecule has 0 saturated heterocycles. The number of thiophene rings is 1. The summed E-state index contributed by atoms with van der Waals surface area (Å²) in [6.07, 6.45) is 3.95. The highest BCUT2D eigenvalue weighted by atomic mass is 32.1. The van der Waals surface area contributed by atoms with Gasteiger partial charge in [0, 0.05) is 42.8 Å². The normalized spacial score (nSPS) is 13.3. The van der Waals surface area contributed by atoms with E-state index in [9.17, 15) is 0 Å². The van der Waals surface area contributed by atoms with Gasteiger partial charge in [-0.1, -0.05) is 103 Å². The van der Waals surface area contributed by atoms with E-state index in [4.69, 9.17) is 5.41 Å². The van der Waals surface area contributed by atoms with Gasteiger partial charge >= 0.3 is 0 Å². The summed E-state index contributed by atoms with van der Waals surface area (Å²) in [5, 5.41) is 18.4. The number of fused-ring (bicyclic) bond motifs is 6. The van der Waals surface area contributed by atoms with Gasteiger partial charge in [0.2, 0.25) is 0 Å². The van der Waals surface area contributed by atoms with Crippen LogP contribution in [0.5, 0.6) is 0 Å². The summed E-state index contributed by atoms with van der Waals surface area (Å²) in [7, 11) is 0. The number of allylic oxidation sites excluding steroid dienone is 1. The Balaban J connectivity index is 1.09. The molecule has 4 nitrogen and oxygen atoms in total. The average molecular weight is 647 g/mol.